The number of carbonyl (C=O) groups excluding carboxylic acids is 1. The third-order valence-electron chi connectivity index (χ3n) is 5.37. The molecule has 0 saturated carbocycles. The Balaban J connectivity index is 1.72. The molecule has 0 aliphatic carbocycles. The number of nitriles is 1. The molecule has 3 rings (SSSR count). The highest BCUT2D eigenvalue weighted by atomic mass is 35.5. The molecule has 174 valence electrons. The predicted molar refractivity (Wildman–Crippen MR) is 120 cm³/mol. The van der Waals surface area contributed by atoms with Crippen molar-refractivity contribution in [3.8, 4) is 6.07 Å². The second-order valence-corrected chi connectivity index (χ2v) is 9.74. The number of nitrogens with one attached hydrogen (secondary N) is 1. The predicted octanol–water partition coefficient (Wildman–Crippen LogP) is 0.283. The normalized spacial score (nSPS) is 18.9. The zero-order valence-corrected chi connectivity index (χ0v) is 19.2. The summed E-state index contributed by atoms with van der Waals surface area (Å²) in [7, 11) is -3.71. The van der Waals surface area contributed by atoms with Gasteiger partial charge in [-0.05, 0) is 18.2 Å². The maximum atomic E-state index is 12.9. The Morgan fingerprint density at radius 3 is 2.53 bits per heavy atom. The van der Waals surface area contributed by atoms with Gasteiger partial charge in [0, 0.05) is 58.6 Å². The maximum Gasteiger partial charge on any atom is 0.266 e. The minimum Gasteiger partial charge on any atom is -0.379 e. The molecule has 0 unspecified atom stereocenters. The molecule has 0 spiro atoms. The quantitative estimate of drug-likeness (QED) is 0.418. The van der Waals surface area contributed by atoms with E-state index >= 15 is 0 Å². The minimum atomic E-state index is -3.71. The smallest absolute Gasteiger partial charge is 0.266 e. The van der Waals surface area contributed by atoms with Crippen LogP contribution in [-0.4, -0.2) is 94.0 Å². The van der Waals surface area contributed by atoms with E-state index in [1.54, 1.807) is 4.90 Å². The second kappa shape index (κ2) is 11.1. The number of hydrogen-bond acceptors (Lipinski definition) is 8. The summed E-state index contributed by atoms with van der Waals surface area (Å²) in [6, 6.07) is 6.21. The number of ether oxygens (including phenoxy) is 1. The molecule has 0 bridgehead atoms. The number of rotatable bonds is 7. The van der Waals surface area contributed by atoms with Gasteiger partial charge in [-0.15, -0.1) is 0 Å². The van der Waals surface area contributed by atoms with Gasteiger partial charge in [-0.25, -0.2) is 8.42 Å². The summed E-state index contributed by atoms with van der Waals surface area (Å²) >= 11 is 6.22. The summed E-state index contributed by atoms with van der Waals surface area (Å²) < 4.78 is 32.4. The van der Waals surface area contributed by atoms with Gasteiger partial charge in [-0.2, -0.15) is 9.57 Å². The number of sulfonamides is 1. The van der Waals surface area contributed by atoms with Crippen molar-refractivity contribution in [1.82, 2.24) is 14.1 Å². The molecule has 0 atom stereocenters. The summed E-state index contributed by atoms with van der Waals surface area (Å²) in [5, 5.41) is 12.6. The molecule has 1 amide bonds. The van der Waals surface area contributed by atoms with Crippen LogP contribution < -0.4 is 11.1 Å². The Hall–Kier alpha value is -2.20. The Labute approximate surface area is 193 Å². The molecule has 2 saturated heterocycles. The van der Waals surface area contributed by atoms with Crippen molar-refractivity contribution in [2.45, 2.75) is 4.90 Å². The lowest BCUT2D eigenvalue weighted by Gasteiger charge is -2.34. The Morgan fingerprint density at radius 1 is 1.22 bits per heavy atom. The number of carbonyl (C=O) groups is 1. The van der Waals surface area contributed by atoms with Crippen LogP contribution in [0.15, 0.2) is 34.9 Å². The number of nitrogens with zero attached hydrogens (tertiary/aromatic N) is 4. The molecule has 0 radical (unpaired) electrons. The molecule has 32 heavy (non-hydrogen) atoms. The Bertz CT molecular complexity index is 996. The summed E-state index contributed by atoms with van der Waals surface area (Å²) in [4.78, 5) is 16.6. The molecule has 1 aromatic carbocycles. The van der Waals surface area contributed by atoms with E-state index in [4.69, 9.17) is 22.1 Å². The van der Waals surface area contributed by atoms with E-state index in [0.717, 1.165) is 6.54 Å². The summed E-state index contributed by atoms with van der Waals surface area (Å²) in [6.45, 7) is 4.97. The average Bonchev–Trinajstić information content (AvgIpc) is 2.81. The van der Waals surface area contributed by atoms with E-state index in [9.17, 15) is 18.5 Å². The number of benzene rings is 1. The molecule has 3 N–H and O–H groups in total. The number of anilines is 1. The van der Waals surface area contributed by atoms with Crippen molar-refractivity contribution in [3.63, 3.8) is 0 Å². The van der Waals surface area contributed by atoms with Gasteiger partial charge < -0.3 is 20.7 Å². The highest BCUT2D eigenvalue weighted by Crippen LogP contribution is 2.27. The van der Waals surface area contributed by atoms with Crippen LogP contribution in [0.5, 0.6) is 0 Å². The Kier molecular flexibility index (Phi) is 8.47. The zero-order valence-electron chi connectivity index (χ0n) is 17.7. The molecule has 2 aliphatic rings. The fourth-order valence-electron chi connectivity index (χ4n) is 3.53. The molecule has 1 aromatic rings. The number of hydrogen-bond donors (Lipinski definition) is 2. The van der Waals surface area contributed by atoms with Crippen LogP contribution in [0.4, 0.5) is 5.69 Å². The number of morpholine rings is 1. The van der Waals surface area contributed by atoms with Crippen LogP contribution >= 0.6 is 11.6 Å². The van der Waals surface area contributed by atoms with Gasteiger partial charge in [-0.1, -0.05) is 11.6 Å². The lowest BCUT2D eigenvalue weighted by molar-refractivity contribution is -0.128. The van der Waals surface area contributed by atoms with E-state index in [2.05, 4.69) is 10.2 Å². The number of nitrogens with two attached hydrogens (primary N) is 1. The van der Waals surface area contributed by atoms with Gasteiger partial charge in [0.15, 0.2) is 0 Å². The SMILES string of the molecule is N#C/C(=C/Nc1cc(S(=O)(=O)N2CCOCC2)ccc1Cl)C(=O)N1CCN(CCN)CC1. The highest BCUT2D eigenvalue weighted by Gasteiger charge is 2.27. The van der Waals surface area contributed by atoms with E-state index in [-0.39, 0.29) is 40.2 Å². The first-order chi connectivity index (χ1) is 15.4. The van der Waals surface area contributed by atoms with Gasteiger partial charge in [-0.3, -0.25) is 9.69 Å². The minimum absolute atomic E-state index is 0.0700. The van der Waals surface area contributed by atoms with E-state index in [0.29, 0.717) is 45.9 Å². The zero-order chi connectivity index (χ0) is 23.1. The van der Waals surface area contributed by atoms with Gasteiger partial charge in [0.05, 0.1) is 28.8 Å². The van der Waals surface area contributed by atoms with Crippen molar-refractivity contribution >= 4 is 33.2 Å². The first-order valence-electron chi connectivity index (χ1n) is 10.3. The summed E-state index contributed by atoms with van der Waals surface area (Å²) in [5.41, 5.74) is 5.77. The molecular weight excluding hydrogens is 456 g/mol. The molecule has 2 fully saturated rings. The van der Waals surface area contributed by atoms with Gasteiger partial charge >= 0.3 is 0 Å². The Morgan fingerprint density at radius 2 is 1.91 bits per heavy atom. The van der Waals surface area contributed by atoms with E-state index in [1.165, 1.54) is 28.7 Å². The van der Waals surface area contributed by atoms with Crippen molar-refractivity contribution in [2.24, 2.45) is 5.73 Å². The van der Waals surface area contributed by atoms with Crippen LogP contribution in [-0.2, 0) is 19.6 Å². The molecular formula is C20H27ClN6O4S. The van der Waals surface area contributed by atoms with Crippen LogP contribution in [0, 0.1) is 11.3 Å². The standard InChI is InChI=1S/C20H27ClN6O4S/c21-18-2-1-17(32(29,30)27-9-11-31-12-10-27)13-19(18)24-15-16(14-23)20(28)26-7-5-25(4-3-22)6-8-26/h1-2,13,15,24H,3-12,22H2/b16-15-. The molecule has 10 nitrogen and oxygen atoms in total. The fourth-order valence-corrected chi connectivity index (χ4v) is 5.14. The molecule has 2 heterocycles. The van der Waals surface area contributed by atoms with Crippen LogP contribution in [0.2, 0.25) is 5.02 Å². The summed E-state index contributed by atoms with van der Waals surface area (Å²) in [5.74, 6) is -0.388. The third kappa shape index (κ3) is 5.78. The van der Waals surface area contributed by atoms with Crippen LogP contribution in [0.25, 0.3) is 0 Å². The topological polar surface area (TPSA) is 132 Å². The third-order valence-corrected chi connectivity index (χ3v) is 7.60. The largest absolute Gasteiger partial charge is 0.379 e. The lowest BCUT2D eigenvalue weighted by atomic mass is 10.2. The second-order valence-electron chi connectivity index (χ2n) is 7.39. The molecule has 0 aromatic heterocycles. The monoisotopic (exact) mass is 482 g/mol. The van der Waals surface area contributed by atoms with Crippen LogP contribution in [0.1, 0.15) is 0 Å². The first kappa shape index (κ1) is 24.4. The van der Waals surface area contributed by atoms with Gasteiger partial charge in [0.2, 0.25) is 10.0 Å². The number of piperazine rings is 1. The summed E-state index contributed by atoms with van der Waals surface area (Å²) in [6.07, 6.45) is 1.26. The lowest BCUT2D eigenvalue weighted by Crippen LogP contribution is -2.50. The number of amides is 1. The van der Waals surface area contributed by atoms with E-state index < -0.39 is 10.0 Å². The highest BCUT2D eigenvalue weighted by molar-refractivity contribution is 7.89. The molecule has 2 aliphatic heterocycles. The maximum absolute atomic E-state index is 12.9. The molecule has 12 heteroatoms. The fraction of sp³-hybridized carbons (Fsp3) is 0.500. The van der Waals surface area contributed by atoms with Crippen molar-refractivity contribution in [1.29, 1.82) is 5.26 Å². The van der Waals surface area contributed by atoms with Gasteiger partial charge in [0.1, 0.15) is 11.6 Å². The van der Waals surface area contributed by atoms with Crippen molar-refractivity contribution in [2.75, 3.05) is 70.9 Å². The van der Waals surface area contributed by atoms with Crippen molar-refractivity contribution < 1.29 is 17.9 Å². The van der Waals surface area contributed by atoms with Crippen LogP contribution in [0.3, 0.4) is 0 Å². The van der Waals surface area contributed by atoms with E-state index in [1.807, 2.05) is 6.07 Å². The van der Waals surface area contributed by atoms with Crippen molar-refractivity contribution in [3.05, 3.63) is 35.0 Å². The average molecular weight is 483 g/mol. The van der Waals surface area contributed by atoms with Gasteiger partial charge in [0.25, 0.3) is 5.91 Å². The first-order valence-corrected chi connectivity index (χ1v) is 12.1. The number of halogens is 1.